The number of fused-ring (bicyclic) bond motifs is 1. The predicted molar refractivity (Wildman–Crippen MR) is 105 cm³/mol. The smallest absolute Gasteiger partial charge is 0.387 e. The van der Waals surface area contributed by atoms with Crippen molar-refractivity contribution in [3.8, 4) is 22.8 Å². The van der Waals surface area contributed by atoms with E-state index in [-0.39, 0.29) is 22.7 Å². The summed E-state index contributed by atoms with van der Waals surface area (Å²) < 4.78 is 60.3. The number of hydrogen-bond acceptors (Lipinski definition) is 6. The molecule has 1 aliphatic rings. The molecule has 0 atom stereocenters. The van der Waals surface area contributed by atoms with Crippen molar-refractivity contribution in [2.45, 2.75) is 13.0 Å². The zero-order valence-electron chi connectivity index (χ0n) is 15.7. The molecule has 0 saturated heterocycles. The zero-order valence-corrected chi connectivity index (χ0v) is 15.7. The van der Waals surface area contributed by atoms with E-state index in [0.29, 0.717) is 23.3 Å². The first-order valence-electron chi connectivity index (χ1n) is 9.03. The summed E-state index contributed by atoms with van der Waals surface area (Å²) in [6, 6.07) is 8.26. The Balaban J connectivity index is 1.88. The lowest BCUT2D eigenvalue weighted by Crippen LogP contribution is -2.25. The molecule has 0 bridgehead atoms. The van der Waals surface area contributed by atoms with Crippen LogP contribution in [0, 0.1) is 0 Å². The molecule has 7 nitrogen and oxygen atoms in total. The molecule has 3 heterocycles. The van der Waals surface area contributed by atoms with Crippen molar-refractivity contribution in [3.05, 3.63) is 52.8 Å². The third-order valence-corrected chi connectivity index (χ3v) is 4.30. The van der Waals surface area contributed by atoms with Gasteiger partial charge in [-0.3, -0.25) is 9.79 Å². The van der Waals surface area contributed by atoms with Gasteiger partial charge in [-0.15, -0.1) is 0 Å². The number of aromatic nitrogens is 3. The minimum atomic E-state index is -2.99. The Morgan fingerprint density at radius 3 is 2.48 bits per heavy atom. The number of halogens is 4. The monoisotopic (exact) mass is 434 g/mol. The van der Waals surface area contributed by atoms with E-state index >= 15 is 0 Å². The second-order valence-electron chi connectivity index (χ2n) is 6.34. The van der Waals surface area contributed by atoms with E-state index in [1.807, 2.05) is 0 Å². The van der Waals surface area contributed by atoms with Crippen LogP contribution in [0.1, 0.15) is 0 Å². The molecule has 1 aromatic carbocycles. The van der Waals surface area contributed by atoms with Gasteiger partial charge in [-0.1, -0.05) is 12.1 Å². The average molecular weight is 434 g/mol. The Kier molecular flexibility index (Phi) is 5.65. The second-order valence-corrected chi connectivity index (χ2v) is 6.34. The van der Waals surface area contributed by atoms with E-state index in [1.54, 1.807) is 6.08 Å². The number of hydrogen-bond donors (Lipinski definition) is 0. The fourth-order valence-corrected chi connectivity index (χ4v) is 3.01. The van der Waals surface area contributed by atoms with Gasteiger partial charge in [0.1, 0.15) is 16.8 Å². The van der Waals surface area contributed by atoms with Crippen molar-refractivity contribution < 1.29 is 27.0 Å². The van der Waals surface area contributed by atoms with E-state index in [0.717, 1.165) is 4.68 Å². The Hall–Kier alpha value is -3.76. The van der Waals surface area contributed by atoms with Gasteiger partial charge in [0.2, 0.25) is 5.88 Å². The van der Waals surface area contributed by atoms with Gasteiger partial charge >= 0.3 is 6.61 Å². The van der Waals surface area contributed by atoms with Crippen LogP contribution in [0.25, 0.3) is 27.9 Å². The molecule has 0 saturated carbocycles. The summed E-state index contributed by atoms with van der Waals surface area (Å²) in [4.78, 5) is 21.5. The van der Waals surface area contributed by atoms with Gasteiger partial charge in [-0.25, -0.2) is 13.8 Å². The van der Waals surface area contributed by atoms with Crippen LogP contribution in [-0.4, -0.2) is 47.2 Å². The highest BCUT2D eigenvalue weighted by Gasteiger charge is 2.19. The quantitative estimate of drug-likeness (QED) is 0.531. The van der Waals surface area contributed by atoms with Crippen molar-refractivity contribution >= 4 is 22.9 Å². The third kappa shape index (κ3) is 4.39. The van der Waals surface area contributed by atoms with Crippen LogP contribution in [0.15, 0.2) is 52.3 Å². The lowest BCUT2D eigenvalue weighted by Gasteiger charge is -2.12. The van der Waals surface area contributed by atoms with Crippen molar-refractivity contribution in [2.75, 3.05) is 13.2 Å². The van der Waals surface area contributed by atoms with Crippen LogP contribution >= 0.6 is 0 Å². The third-order valence-electron chi connectivity index (χ3n) is 4.30. The number of allylic oxidation sites excluding steroid dienone is 1. The molecule has 4 rings (SSSR count). The van der Waals surface area contributed by atoms with Gasteiger partial charge in [0.15, 0.2) is 6.61 Å². The van der Waals surface area contributed by atoms with Gasteiger partial charge in [0.25, 0.3) is 12.0 Å². The number of benzene rings is 1. The molecule has 0 amide bonds. The summed E-state index contributed by atoms with van der Waals surface area (Å²) in [6.45, 7) is -3.45. The number of rotatable bonds is 7. The Bertz CT molecular complexity index is 1220. The fourth-order valence-electron chi connectivity index (χ4n) is 3.01. The lowest BCUT2D eigenvalue weighted by molar-refractivity contribution is -0.0498. The highest BCUT2D eigenvalue weighted by Crippen LogP contribution is 2.27. The van der Waals surface area contributed by atoms with Gasteiger partial charge in [-0.2, -0.15) is 18.6 Å². The molecule has 1 aliphatic heterocycles. The summed E-state index contributed by atoms with van der Waals surface area (Å²) in [6.07, 6.45) is 0.507. The number of nitrogens with zero attached hydrogens (tertiary/aromatic N) is 4. The first kappa shape index (κ1) is 20.5. The van der Waals surface area contributed by atoms with E-state index in [1.165, 1.54) is 42.6 Å². The molecule has 0 fully saturated rings. The largest absolute Gasteiger partial charge is 0.472 e. The zero-order chi connectivity index (χ0) is 22.0. The number of ether oxygens (including phenoxy) is 2. The molecule has 160 valence electrons. The van der Waals surface area contributed by atoms with Gasteiger partial charge in [-0.05, 0) is 29.8 Å². The summed E-state index contributed by atoms with van der Waals surface area (Å²) >= 11 is 0. The standard InChI is InChI=1S/C20H14F4N4O3/c21-15(22)10-30-16-6-5-14-18(26-16)17(11-1-3-13(4-2-11)31-20(23)24)19(29)28(27-14)12-7-8-25-9-12/h1-7,9,15,20H,8,10H2. The van der Waals surface area contributed by atoms with Crippen LogP contribution in [0.4, 0.5) is 17.6 Å². The molecular weight excluding hydrogens is 420 g/mol. The Morgan fingerprint density at radius 2 is 1.84 bits per heavy atom. The summed E-state index contributed by atoms with van der Waals surface area (Å²) in [5, 5.41) is 4.29. The highest BCUT2D eigenvalue weighted by atomic mass is 19.3. The first-order valence-corrected chi connectivity index (χ1v) is 9.03. The van der Waals surface area contributed by atoms with Gasteiger partial charge in [0, 0.05) is 12.3 Å². The molecule has 0 radical (unpaired) electrons. The normalized spacial score (nSPS) is 13.3. The SMILES string of the molecule is O=c1c(-c2ccc(OC(F)F)cc2)c2nc(OCC(F)F)ccc2nn1C1=CCN=C1. The maximum Gasteiger partial charge on any atom is 0.387 e. The lowest BCUT2D eigenvalue weighted by atomic mass is 10.1. The van der Waals surface area contributed by atoms with Crippen LogP contribution in [-0.2, 0) is 0 Å². The van der Waals surface area contributed by atoms with Crippen LogP contribution in [0.5, 0.6) is 11.6 Å². The topological polar surface area (TPSA) is 78.6 Å². The molecule has 0 aliphatic carbocycles. The first-order chi connectivity index (χ1) is 14.9. The summed E-state index contributed by atoms with van der Waals surface area (Å²) in [5.74, 6) is -0.190. The molecule has 11 heteroatoms. The molecule has 0 spiro atoms. The fraction of sp³-hybridized carbons (Fsp3) is 0.200. The summed E-state index contributed by atoms with van der Waals surface area (Å²) in [5.41, 5.74) is 0.773. The van der Waals surface area contributed by atoms with Gasteiger partial charge in [0.05, 0.1) is 17.8 Å². The predicted octanol–water partition coefficient (Wildman–Crippen LogP) is 3.63. The maximum atomic E-state index is 13.3. The molecule has 3 aromatic rings. The molecule has 0 N–H and O–H groups in total. The van der Waals surface area contributed by atoms with Crippen molar-refractivity contribution in [1.29, 1.82) is 0 Å². The van der Waals surface area contributed by atoms with Crippen molar-refractivity contribution in [2.24, 2.45) is 4.99 Å². The molecule has 0 unspecified atom stereocenters. The molecular formula is C20H14F4N4O3. The highest BCUT2D eigenvalue weighted by molar-refractivity contribution is 6.04. The van der Waals surface area contributed by atoms with E-state index in [4.69, 9.17) is 4.74 Å². The number of pyridine rings is 1. The van der Waals surface area contributed by atoms with Crippen LogP contribution in [0.2, 0.25) is 0 Å². The minimum absolute atomic E-state index is 0.0861. The average Bonchev–Trinajstić information content (AvgIpc) is 3.27. The Morgan fingerprint density at radius 1 is 1.06 bits per heavy atom. The molecule has 2 aromatic heterocycles. The second kappa shape index (κ2) is 8.54. The minimum Gasteiger partial charge on any atom is -0.472 e. The van der Waals surface area contributed by atoms with Gasteiger partial charge < -0.3 is 9.47 Å². The van der Waals surface area contributed by atoms with E-state index in [2.05, 4.69) is 19.8 Å². The number of aliphatic imine (C=N–C) groups is 1. The van der Waals surface area contributed by atoms with Crippen molar-refractivity contribution in [1.82, 2.24) is 14.8 Å². The maximum absolute atomic E-state index is 13.3. The summed E-state index contributed by atoms with van der Waals surface area (Å²) in [7, 11) is 0. The van der Waals surface area contributed by atoms with Crippen LogP contribution in [0.3, 0.4) is 0 Å². The van der Waals surface area contributed by atoms with Crippen molar-refractivity contribution in [3.63, 3.8) is 0 Å². The van der Waals surface area contributed by atoms with E-state index < -0.39 is 25.2 Å². The number of alkyl halides is 4. The Labute approximate surface area is 172 Å². The van der Waals surface area contributed by atoms with Crippen LogP contribution < -0.4 is 15.0 Å². The molecule has 31 heavy (non-hydrogen) atoms. The van der Waals surface area contributed by atoms with E-state index in [9.17, 15) is 22.4 Å².